The number of aliphatic hydroxyl groups is 1. The van der Waals surface area contributed by atoms with Gasteiger partial charge in [0.05, 0.1) is 0 Å². The van der Waals surface area contributed by atoms with E-state index < -0.39 is 17.9 Å². The van der Waals surface area contributed by atoms with Crippen molar-refractivity contribution in [3.8, 4) is 0 Å². The monoisotopic (exact) mass is 578 g/mol. The van der Waals surface area contributed by atoms with Gasteiger partial charge in [-0.1, -0.05) is 36.2 Å². The largest absolute Gasteiger partial charge is 0.382 e. The Hall–Kier alpha value is -2.70. The minimum absolute atomic E-state index is 0.0172. The molecule has 2 aliphatic rings. The number of carbonyl (C=O) groups is 2. The van der Waals surface area contributed by atoms with Crippen LogP contribution in [0.2, 0.25) is 10.2 Å². The van der Waals surface area contributed by atoms with Crippen LogP contribution in [0.15, 0.2) is 18.2 Å². The summed E-state index contributed by atoms with van der Waals surface area (Å²) in [6.45, 7) is 6.91. The number of amides is 2. The van der Waals surface area contributed by atoms with E-state index in [0.717, 1.165) is 51.0 Å². The Morgan fingerprint density at radius 2 is 1.90 bits per heavy atom. The highest BCUT2D eigenvalue weighted by Gasteiger charge is 2.34. The number of piperidine rings is 1. The average Bonchev–Trinajstić information content (AvgIpc) is 2.94. The van der Waals surface area contributed by atoms with Crippen molar-refractivity contribution in [3.63, 3.8) is 0 Å². The Balaban J connectivity index is 1.38. The van der Waals surface area contributed by atoms with Crippen LogP contribution >= 0.6 is 23.2 Å². The fraction of sp³-hybridized carbons (Fsp3) is 0.538. The summed E-state index contributed by atoms with van der Waals surface area (Å²) in [4.78, 5) is 39.0. The van der Waals surface area contributed by atoms with E-state index in [0.29, 0.717) is 41.6 Å². The van der Waals surface area contributed by atoms with Crippen LogP contribution in [0.5, 0.6) is 0 Å². The molecule has 3 heterocycles. The molecule has 4 rings (SSSR count). The van der Waals surface area contributed by atoms with E-state index in [1.165, 1.54) is 7.05 Å². The number of hydrogen-bond donors (Lipinski definition) is 4. The smallest absolute Gasteiger partial charge is 0.271 e. The van der Waals surface area contributed by atoms with Crippen LogP contribution in [-0.4, -0.2) is 88.5 Å². The number of nitrogens with two attached hydrogens (primary N) is 2. The lowest BCUT2D eigenvalue weighted by molar-refractivity contribution is -0.129. The van der Waals surface area contributed by atoms with Crippen molar-refractivity contribution < 1.29 is 14.7 Å². The van der Waals surface area contributed by atoms with Gasteiger partial charge in [-0.2, -0.15) is 0 Å². The van der Waals surface area contributed by atoms with E-state index in [-0.39, 0.29) is 16.7 Å². The van der Waals surface area contributed by atoms with E-state index >= 15 is 0 Å². The summed E-state index contributed by atoms with van der Waals surface area (Å²) in [6, 6.07) is 6.09. The van der Waals surface area contributed by atoms with Crippen molar-refractivity contribution in [1.82, 2.24) is 25.1 Å². The lowest BCUT2D eigenvalue weighted by Crippen LogP contribution is -2.58. The highest BCUT2D eigenvalue weighted by molar-refractivity contribution is 6.32. The van der Waals surface area contributed by atoms with Crippen molar-refractivity contribution in [2.45, 2.75) is 50.9 Å². The van der Waals surface area contributed by atoms with Crippen LogP contribution < -0.4 is 21.7 Å². The maximum Gasteiger partial charge on any atom is 0.271 e. The molecule has 1 aromatic heterocycles. The molecule has 0 radical (unpaired) electrons. The van der Waals surface area contributed by atoms with E-state index in [2.05, 4.69) is 36.9 Å². The highest BCUT2D eigenvalue weighted by Crippen LogP contribution is 2.30. The van der Waals surface area contributed by atoms with Crippen molar-refractivity contribution in [2.75, 3.05) is 50.4 Å². The first kappa shape index (κ1) is 29.3. The van der Waals surface area contributed by atoms with Gasteiger partial charge in [0, 0.05) is 50.3 Å². The number of likely N-dealkylation sites (tertiary alicyclic amines) is 1. The van der Waals surface area contributed by atoms with Crippen LogP contribution in [-0.2, 0) is 11.3 Å². The van der Waals surface area contributed by atoms with Gasteiger partial charge in [0.15, 0.2) is 28.6 Å². The summed E-state index contributed by atoms with van der Waals surface area (Å²) < 4.78 is 0. The second-order valence-corrected chi connectivity index (χ2v) is 10.8. The Labute approximate surface area is 238 Å². The van der Waals surface area contributed by atoms with Crippen LogP contribution in [0.3, 0.4) is 0 Å². The Kier molecular flexibility index (Phi) is 9.50. The minimum Gasteiger partial charge on any atom is -0.382 e. The molecule has 0 unspecified atom stereocenters. The molecule has 212 valence electrons. The van der Waals surface area contributed by atoms with Gasteiger partial charge in [-0.25, -0.2) is 9.97 Å². The molecular weight excluding hydrogens is 543 g/mol. The van der Waals surface area contributed by atoms with Crippen LogP contribution in [0, 0.1) is 0 Å². The zero-order valence-corrected chi connectivity index (χ0v) is 23.8. The number of nitrogen functional groups attached to an aromatic ring is 1. The third-order valence-electron chi connectivity index (χ3n) is 7.71. The number of hydrogen-bond acceptors (Lipinski definition) is 9. The van der Waals surface area contributed by atoms with E-state index in [9.17, 15) is 14.7 Å². The van der Waals surface area contributed by atoms with Crippen molar-refractivity contribution in [2.24, 2.45) is 5.73 Å². The molecule has 6 N–H and O–H groups in total. The van der Waals surface area contributed by atoms with Crippen LogP contribution in [0.25, 0.3) is 0 Å². The van der Waals surface area contributed by atoms with Gasteiger partial charge < -0.3 is 26.8 Å². The zero-order chi connectivity index (χ0) is 28.3. The van der Waals surface area contributed by atoms with Crippen molar-refractivity contribution in [3.05, 3.63) is 45.2 Å². The molecule has 0 spiro atoms. The molecule has 2 saturated heterocycles. The third-order valence-corrected chi connectivity index (χ3v) is 8.20. The number of halogens is 2. The van der Waals surface area contributed by atoms with Gasteiger partial charge in [-0.15, -0.1) is 0 Å². The summed E-state index contributed by atoms with van der Waals surface area (Å²) in [6.07, 6.45) is 1.72. The summed E-state index contributed by atoms with van der Waals surface area (Å²) in [5.74, 6) is -0.757. The molecule has 2 aromatic rings. The number of rotatable bonds is 8. The summed E-state index contributed by atoms with van der Waals surface area (Å²) >= 11 is 12.5. The third kappa shape index (κ3) is 6.55. The first-order chi connectivity index (χ1) is 18.6. The molecule has 0 bridgehead atoms. The molecule has 13 heteroatoms. The molecule has 2 aliphatic heterocycles. The maximum atomic E-state index is 12.1. The van der Waals surface area contributed by atoms with Gasteiger partial charge in [0.2, 0.25) is 0 Å². The zero-order valence-electron chi connectivity index (χ0n) is 22.2. The first-order valence-electron chi connectivity index (χ1n) is 13.2. The summed E-state index contributed by atoms with van der Waals surface area (Å²) in [7, 11) is 1.50. The van der Waals surface area contributed by atoms with E-state index in [1.54, 1.807) is 12.1 Å². The number of carbonyl (C=O) groups excluding carboxylic acids is 2. The standard InChI is InChI=1S/C26H36Cl2N8O3/c1-3-17-14-35(25-22(28)32-20(24(30)38)23(29)33-25)10-11-36(17)18-6-8-34(9-7-18)13-15-4-5-16(27)12-19(15)21(37)26(39)31-2/h4-5,12,17-18,21,37H,3,6-11,13-14H2,1-2H3,(H2,29,33)(H2,30,38)(H,31,39)/t17-,21-/m0/s1. The molecule has 0 saturated carbocycles. The van der Waals surface area contributed by atoms with Crippen molar-refractivity contribution in [1.29, 1.82) is 0 Å². The normalized spacial score (nSPS) is 20.1. The number of anilines is 2. The number of likely N-dealkylation sites (N-methyl/N-ethyl adjacent to an activating group) is 1. The van der Waals surface area contributed by atoms with E-state index in [4.69, 9.17) is 34.7 Å². The fourth-order valence-corrected chi connectivity index (χ4v) is 6.03. The predicted octanol–water partition coefficient (Wildman–Crippen LogP) is 1.81. The molecule has 39 heavy (non-hydrogen) atoms. The molecule has 11 nitrogen and oxygen atoms in total. The second kappa shape index (κ2) is 12.6. The lowest BCUT2D eigenvalue weighted by Gasteiger charge is -2.47. The van der Waals surface area contributed by atoms with Gasteiger partial charge >= 0.3 is 0 Å². The second-order valence-electron chi connectivity index (χ2n) is 10.0. The number of nitrogens with one attached hydrogen (secondary N) is 1. The van der Waals surface area contributed by atoms with Gasteiger partial charge in [-0.3, -0.25) is 19.4 Å². The molecule has 1 aromatic carbocycles. The highest BCUT2D eigenvalue weighted by atomic mass is 35.5. The topological polar surface area (TPSA) is 154 Å². The Morgan fingerprint density at radius 3 is 2.54 bits per heavy atom. The van der Waals surface area contributed by atoms with Crippen LogP contribution in [0.4, 0.5) is 11.6 Å². The number of nitrogens with zero attached hydrogens (tertiary/aromatic N) is 5. The van der Waals surface area contributed by atoms with Crippen LogP contribution in [0.1, 0.15) is 53.9 Å². The molecule has 2 fully saturated rings. The van der Waals surface area contributed by atoms with Gasteiger partial charge in [0.1, 0.15) is 0 Å². The minimum atomic E-state index is -1.26. The number of benzene rings is 1. The Bertz CT molecular complexity index is 1210. The average molecular weight is 580 g/mol. The number of aliphatic hydroxyl groups excluding tert-OH is 1. The molecule has 2 amide bonds. The quantitative estimate of drug-likeness (QED) is 0.367. The van der Waals surface area contributed by atoms with Gasteiger partial charge in [-0.05, 0) is 55.6 Å². The lowest BCUT2D eigenvalue weighted by atomic mass is 9.96. The number of aromatic nitrogens is 2. The SMILES string of the molecule is CC[C@H]1CN(c2nc(N)c(C(N)=O)nc2Cl)CCN1C1CCN(Cc2ccc(Cl)cc2[C@H](O)C(=O)NC)CC1. The first-order valence-corrected chi connectivity index (χ1v) is 13.9. The van der Waals surface area contributed by atoms with E-state index in [1.807, 2.05) is 6.07 Å². The molecular formula is C26H36Cl2N8O3. The number of piperazine rings is 1. The van der Waals surface area contributed by atoms with Crippen molar-refractivity contribution >= 4 is 46.7 Å². The van der Waals surface area contributed by atoms with Gasteiger partial charge in [0.25, 0.3) is 11.8 Å². The molecule has 2 atom stereocenters. The molecule has 0 aliphatic carbocycles. The fourth-order valence-electron chi connectivity index (χ4n) is 5.60. The summed E-state index contributed by atoms with van der Waals surface area (Å²) in [5, 5.41) is 13.6. The predicted molar refractivity (Wildman–Crippen MR) is 152 cm³/mol. The summed E-state index contributed by atoms with van der Waals surface area (Å²) in [5.41, 5.74) is 12.6. The number of primary amides is 1. The maximum absolute atomic E-state index is 12.1. The Morgan fingerprint density at radius 1 is 1.18 bits per heavy atom.